The van der Waals surface area contributed by atoms with Crippen LogP contribution in [0, 0.1) is 0 Å². The van der Waals surface area contributed by atoms with Gasteiger partial charge >= 0.3 is 5.97 Å². The number of carbonyl (C=O) groups is 1. The van der Waals surface area contributed by atoms with E-state index in [0.717, 1.165) is 35.1 Å². The summed E-state index contributed by atoms with van der Waals surface area (Å²) in [4.78, 5) is 22.7. The summed E-state index contributed by atoms with van der Waals surface area (Å²) in [5.41, 5.74) is 2.44. The van der Waals surface area contributed by atoms with Crippen molar-refractivity contribution in [1.82, 2.24) is 20.3 Å². The molecular formula is C32H30ClN5O5. The lowest BCUT2D eigenvalue weighted by Crippen LogP contribution is -2.37. The minimum Gasteiger partial charge on any atom is -0.478 e. The van der Waals surface area contributed by atoms with Gasteiger partial charge in [-0.3, -0.25) is 0 Å². The van der Waals surface area contributed by atoms with E-state index in [1.54, 1.807) is 24.3 Å². The van der Waals surface area contributed by atoms with Crippen LogP contribution in [0.15, 0.2) is 81.8 Å². The van der Waals surface area contributed by atoms with Crippen molar-refractivity contribution in [2.24, 2.45) is 0 Å². The van der Waals surface area contributed by atoms with Gasteiger partial charge in [0, 0.05) is 35.2 Å². The highest BCUT2D eigenvalue weighted by Crippen LogP contribution is 2.39. The minimum absolute atomic E-state index is 0.401. The van der Waals surface area contributed by atoms with Gasteiger partial charge in [-0.05, 0) is 85.8 Å². The van der Waals surface area contributed by atoms with E-state index in [1.807, 2.05) is 48.5 Å². The summed E-state index contributed by atoms with van der Waals surface area (Å²) in [5.74, 6) is 2.03. The van der Waals surface area contributed by atoms with Crippen LogP contribution in [-0.2, 0) is 17.8 Å². The Morgan fingerprint density at radius 1 is 0.930 bits per heavy atom. The van der Waals surface area contributed by atoms with E-state index in [9.17, 15) is 9.90 Å². The van der Waals surface area contributed by atoms with Crippen LogP contribution in [0.3, 0.4) is 0 Å². The zero-order valence-electron chi connectivity index (χ0n) is 23.7. The fraction of sp³-hybridized carbons (Fsp3) is 0.281. The zero-order chi connectivity index (χ0) is 30.0. The molecule has 0 bridgehead atoms. The average molecular weight is 600 g/mol. The molecule has 3 aromatic carbocycles. The molecule has 1 aliphatic rings. The Bertz CT molecular complexity index is 1690. The first-order valence-corrected chi connectivity index (χ1v) is 14.4. The Morgan fingerprint density at radius 2 is 1.60 bits per heavy atom. The summed E-state index contributed by atoms with van der Waals surface area (Å²) in [6.07, 6.45) is 2.89. The zero-order valence-corrected chi connectivity index (χ0v) is 24.5. The summed E-state index contributed by atoms with van der Waals surface area (Å²) in [7, 11) is 0. The lowest BCUT2D eigenvalue weighted by atomic mass is 10.1. The molecule has 0 radical (unpaired) electrons. The van der Waals surface area contributed by atoms with Gasteiger partial charge in [-0.25, -0.2) is 4.79 Å². The molecule has 0 atom stereocenters. The van der Waals surface area contributed by atoms with Crippen LogP contribution in [-0.4, -0.2) is 43.5 Å². The van der Waals surface area contributed by atoms with Crippen LogP contribution < -0.4 is 9.64 Å². The highest BCUT2D eigenvalue weighted by molar-refractivity contribution is 6.30. The highest BCUT2D eigenvalue weighted by atomic mass is 35.5. The molecule has 0 spiro atoms. The molecule has 0 unspecified atom stereocenters. The summed E-state index contributed by atoms with van der Waals surface area (Å²) in [5, 5.41) is 18.4. The van der Waals surface area contributed by atoms with Gasteiger partial charge in [0.05, 0.1) is 0 Å². The number of benzene rings is 3. The first-order valence-electron chi connectivity index (χ1n) is 14.0. The molecule has 1 fully saturated rings. The van der Waals surface area contributed by atoms with E-state index >= 15 is 0 Å². The van der Waals surface area contributed by atoms with Crippen molar-refractivity contribution in [1.29, 1.82) is 0 Å². The molecule has 1 saturated carbocycles. The molecule has 2 aromatic heterocycles. The topological polar surface area (TPSA) is 128 Å². The molecule has 0 saturated heterocycles. The fourth-order valence-electron chi connectivity index (χ4n) is 4.46. The second-order valence-electron chi connectivity index (χ2n) is 11.1. The Balaban J connectivity index is 1.18. The van der Waals surface area contributed by atoms with E-state index in [-0.39, 0.29) is 0 Å². The molecule has 2 heterocycles. The van der Waals surface area contributed by atoms with Crippen LogP contribution in [0.2, 0.25) is 5.02 Å². The smallest absolute Gasteiger partial charge is 0.347 e. The molecular weight excluding hydrogens is 570 g/mol. The quantitative estimate of drug-likeness (QED) is 0.163. The number of hydrogen-bond acceptors (Lipinski definition) is 9. The minimum atomic E-state index is -1.32. The number of nitrogens with zero attached hydrogens (tertiary/aromatic N) is 5. The van der Waals surface area contributed by atoms with Crippen molar-refractivity contribution >= 4 is 23.5 Å². The predicted molar refractivity (Wildman–Crippen MR) is 160 cm³/mol. The largest absolute Gasteiger partial charge is 0.478 e. The van der Waals surface area contributed by atoms with Crippen molar-refractivity contribution in [2.45, 2.75) is 51.2 Å². The average Bonchev–Trinajstić information content (AvgIpc) is 3.52. The van der Waals surface area contributed by atoms with Gasteiger partial charge in [0.2, 0.25) is 11.7 Å². The first kappa shape index (κ1) is 28.4. The fourth-order valence-corrected chi connectivity index (χ4v) is 4.58. The molecule has 0 amide bonds. The standard InChI is InChI=1S/C32H30ClN5O5/c1-32(2,30(39)40)41-26-15-5-20(6-16-26)17-18-38(31-35-29(43-37-31)24-11-13-25(33)14-12-24)19-21-3-7-22(8-4-21)27-34-28(42-36-27)23-9-10-23/h3-8,11-16,23H,9-10,17-19H2,1-2H3,(H,39,40). The number of aromatic nitrogens is 4. The monoisotopic (exact) mass is 599 g/mol. The Morgan fingerprint density at radius 3 is 2.28 bits per heavy atom. The van der Waals surface area contributed by atoms with Gasteiger partial charge in [0.25, 0.3) is 11.8 Å². The van der Waals surface area contributed by atoms with Crippen LogP contribution >= 0.6 is 11.6 Å². The SMILES string of the molecule is CC(C)(Oc1ccc(CCN(Cc2ccc(-c3noc(C4CC4)n3)cc2)c2noc(-c3ccc(Cl)cc3)n2)cc1)C(=O)O. The third kappa shape index (κ3) is 6.86. The lowest BCUT2D eigenvalue weighted by molar-refractivity contribution is -0.152. The second kappa shape index (κ2) is 11.9. The van der Waals surface area contributed by atoms with E-state index in [0.29, 0.717) is 59.8 Å². The number of aliphatic carboxylic acids is 1. The Kier molecular flexibility index (Phi) is 7.86. The van der Waals surface area contributed by atoms with Gasteiger partial charge < -0.3 is 23.8 Å². The van der Waals surface area contributed by atoms with Crippen LogP contribution in [0.25, 0.3) is 22.8 Å². The van der Waals surface area contributed by atoms with E-state index in [2.05, 4.69) is 25.2 Å². The van der Waals surface area contributed by atoms with Gasteiger partial charge in [-0.15, -0.1) is 0 Å². The number of rotatable bonds is 12. The van der Waals surface area contributed by atoms with E-state index in [1.165, 1.54) is 13.8 Å². The van der Waals surface area contributed by atoms with Crippen LogP contribution in [0.4, 0.5) is 5.95 Å². The molecule has 220 valence electrons. The highest BCUT2D eigenvalue weighted by Gasteiger charge is 2.30. The molecule has 1 aliphatic carbocycles. The van der Waals surface area contributed by atoms with Gasteiger partial charge in [0.1, 0.15) is 5.75 Å². The Labute approximate surface area is 253 Å². The van der Waals surface area contributed by atoms with Crippen LogP contribution in [0.5, 0.6) is 5.75 Å². The molecule has 11 heteroatoms. The van der Waals surface area contributed by atoms with E-state index < -0.39 is 11.6 Å². The van der Waals surface area contributed by atoms with Crippen LogP contribution in [0.1, 0.15) is 49.6 Å². The molecule has 1 N–H and O–H groups in total. The van der Waals surface area contributed by atoms with Crippen molar-refractivity contribution in [3.8, 4) is 28.6 Å². The van der Waals surface area contributed by atoms with Gasteiger partial charge in [0.15, 0.2) is 5.60 Å². The predicted octanol–water partition coefficient (Wildman–Crippen LogP) is 6.81. The number of ether oxygens (including phenoxy) is 1. The number of carboxylic acids is 1. The van der Waals surface area contributed by atoms with Crippen molar-refractivity contribution in [3.63, 3.8) is 0 Å². The lowest BCUT2D eigenvalue weighted by Gasteiger charge is -2.22. The summed E-state index contributed by atoms with van der Waals surface area (Å²) < 4.78 is 16.7. The summed E-state index contributed by atoms with van der Waals surface area (Å²) in [6.45, 7) is 4.17. The second-order valence-corrected chi connectivity index (χ2v) is 11.5. The maximum Gasteiger partial charge on any atom is 0.347 e. The van der Waals surface area contributed by atoms with Gasteiger partial charge in [-0.1, -0.05) is 53.2 Å². The molecule has 10 nitrogen and oxygen atoms in total. The normalized spacial score (nSPS) is 13.2. The molecule has 0 aliphatic heterocycles. The summed E-state index contributed by atoms with van der Waals surface area (Å²) >= 11 is 6.05. The first-order chi connectivity index (χ1) is 20.7. The third-order valence-electron chi connectivity index (χ3n) is 7.23. The van der Waals surface area contributed by atoms with Crippen molar-refractivity contribution in [2.75, 3.05) is 11.4 Å². The van der Waals surface area contributed by atoms with Gasteiger partial charge in [-0.2, -0.15) is 9.97 Å². The number of halogens is 1. The van der Waals surface area contributed by atoms with Crippen molar-refractivity contribution in [3.05, 3.63) is 94.8 Å². The maximum atomic E-state index is 11.4. The summed E-state index contributed by atoms with van der Waals surface area (Å²) in [6, 6.07) is 22.7. The molecule has 5 aromatic rings. The number of anilines is 1. The van der Waals surface area contributed by atoms with E-state index in [4.69, 9.17) is 25.4 Å². The third-order valence-corrected chi connectivity index (χ3v) is 7.48. The molecule has 6 rings (SSSR count). The number of carboxylic acid groups (broad SMARTS) is 1. The maximum absolute atomic E-state index is 11.4. The molecule has 43 heavy (non-hydrogen) atoms. The number of hydrogen-bond donors (Lipinski definition) is 1. The Hall–Kier alpha value is -4.70. The van der Waals surface area contributed by atoms with Crippen molar-refractivity contribution < 1.29 is 23.7 Å².